The molecule has 36 heavy (non-hydrogen) atoms. The van der Waals surface area contributed by atoms with Gasteiger partial charge in [-0.3, -0.25) is 4.79 Å². The van der Waals surface area contributed by atoms with E-state index in [4.69, 9.17) is 0 Å². The molecule has 1 saturated carbocycles. The topological polar surface area (TPSA) is 96.3 Å². The first-order chi connectivity index (χ1) is 17.1. The fraction of sp³-hybridized carbons (Fsp3) is 0.346. The lowest BCUT2D eigenvalue weighted by atomic mass is 9.82. The molecule has 1 aromatic heterocycles. The predicted molar refractivity (Wildman–Crippen MR) is 129 cm³/mol. The summed E-state index contributed by atoms with van der Waals surface area (Å²) >= 11 is 0. The summed E-state index contributed by atoms with van der Waals surface area (Å²) in [6.07, 6.45) is -0.817. The van der Waals surface area contributed by atoms with E-state index in [0.717, 1.165) is 49.6 Å². The zero-order valence-electron chi connectivity index (χ0n) is 19.9. The normalized spacial score (nSPS) is 14.7. The van der Waals surface area contributed by atoms with Crippen molar-refractivity contribution in [2.24, 2.45) is 0 Å². The molecule has 3 aromatic rings. The Balaban J connectivity index is 1.57. The lowest BCUT2D eigenvalue weighted by molar-refractivity contribution is -0.137. The van der Waals surface area contributed by atoms with Crippen LogP contribution < -0.4 is 10.6 Å². The minimum Gasteiger partial charge on any atom is -0.507 e. The summed E-state index contributed by atoms with van der Waals surface area (Å²) in [7, 11) is 0. The molecule has 1 aliphatic rings. The number of rotatable bonds is 6. The van der Waals surface area contributed by atoms with Gasteiger partial charge < -0.3 is 15.7 Å². The van der Waals surface area contributed by atoms with Gasteiger partial charge in [0.2, 0.25) is 0 Å². The van der Waals surface area contributed by atoms with Gasteiger partial charge in [-0.05, 0) is 62.6 Å². The number of anilines is 1. The number of hydrogen-bond donors (Lipinski definition) is 3. The third kappa shape index (κ3) is 5.37. The van der Waals surface area contributed by atoms with Crippen LogP contribution >= 0.6 is 0 Å². The number of phenols is 1. The van der Waals surface area contributed by atoms with E-state index in [0.29, 0.717) is 11.3 Å². The molecule has 0 saturated heterocycles. The summed E-state index contributed by atoms with van der Waals surface area (Å²) in [5, 5.41) is 20.5. The summed E-state index contributed by atoms with van der Waals surface area (Å²) in [5.41, 5.74) is 0.658. The Morgan fingerprint density at radius 1 is 1.17 bits per heavy atom. The first-order valence-electron chi connectivity index (χ1n) is 11.8. The van der Waals surface area contributed by atoms with Crippen molar-refractivity contribution >= 4 is 17.6 Å². The molecule has 1 aliphatic carbocycles. The fourth-order valence-corrected chi connectivity index (χ4v) is 3.92. The second kappa shape index (κ2) is 10.0. The molecule has 1 fully saturated rings. The smallest absolute Gasteiger partial charge is 0.416 e. The Hall–Kier alpha value is -3.82. The lowest BCUT2D eigenvalue weighted by Crippen LogP contribution is -2.37. The Kier molecular flexibility index (Phi) is 7.05. The Labute approximate surface area is 206 Å². The van der Waals surface area contributed by atoms with Crippen LogP contribution in [0.1, 0.15) is 67.1 Å². The first-order valence-corrected chi connectivity index (χ1v) is 11.8. The first kappa shape index (κ1) is 25.3. The predicted octanol–water partition coefficient (Wildman–Crippen LogP) is 6.15. The zero-order valence-corrected chi connectivity index (χ0v) is 19.9. The lowest BCUT2D eigenvalue weighted by Gasteiger charge is -2.25. The number of phenolic OH excluding ortho intramolecular Hbond substituents is 1. The minimum absolute atomic E-state index is 0.0208. The second-order valence-electron chi connectivity index (χ2n) is 9.02. The van der Waals surface area contributed by atoms with Crippen molar-refractivity contribution in [1.29, 1.82) is 0 Å². The molecule has 10 heteroatoms. The average molecular weight is 501 g/mol. The number of aromatic hydroxyl groups is 1. The third-order valence-corrected chi connectivity index (χ3v) is 6.42. The summed E-state index contributed by atoms with van der Waals surface area (Å²) in [6.45, 7) is 3.88. The van der Waals surface area contributed by atoms with E-state index in [1.54, 1.807) is 12.1 Å². The number of hydrogen-bond acceptors (Lipinski definition) is 4. The summed E-state index contributed by atoms with van der Waals surface area (Å²) in [6, 6.07) is 9.87. The van der Waals surface area contributed by atoms with Crippen LogP contribution in [0.25, 0.3) is 11.3 Å². The third-order valence-electron chi connectivity index (χ3n) is 6.42. The molecule has 1 atom stereocenters. The number of carbonyl (C=O) groups excluding carboxylic acids is 2. The summed E-state index contributed by atoms with van der Waals surface area (Å²) in [4.78, 5) is 25.3. The maximum atomic E-state index is 13.0. The molecule has 1 unspecified atom stereocenters. The van der Waals surface area contributed by atoms with Crippen molar-refractivity contribution in [2.75, 3.05) is 5.32 Å². The number of benzene rings is 2. The number of aromatic nitrogens is 2. The molecule has 2 amide bonds. The van der Waals surface area contributed by atoms with E-state index in [9.17, 15) is 27.9 Å². The summed E-state index contributed by atoms with van der Waals surface area (Å²) in [5.74, 6) is -0.724. The van der Waals surface area contributed by atoms with Crippen LogP contribution in [0.4, 0.5) is 23.7 Å². The highest BCUT2D eigenvalue weighted by molar-refractivity contribution is 6.04. The van der Waals surface area contributed by atoms with Gasteiger partial charge in [0.1, 0.15) is 5.75 Å². The molecular formula is C26H27F3N4O3. The average Bonchev–Trinajstić information content (AvgIpc) is 3.21. The van der Waals surface area contributed by atoms with Gasteiger partial charge in [0.15, 0.2) is 0 Å². The van der Waals surface area contributed by atoms with Gasteiger partial charge in [-0.1, -0.05) is 19.4 Å². The van der Waals surface area contributed by atoms with Gasteiger partial charge in [-0.15, -0.1) is 0 Å². The molecule has 3 N–H and O–H groups in total. The molecule has 0 bridgehead atoms. The number of halogens is 3. The van der Waals surface area contributed by atoms with E-state index in [1.807, 2.05) is 13.8 Å². The van der Waals surface area contributed by atoms with Crippen LogP contribution in [-0.4, -0.2) is 32.9 Å². The largest absolute Gasteiger partial charge is 0.507 e. The molecule has 0 aliphatic heterocycles. The SMILES string of the molecule is CCC(C)NC(=O)n1nc(-c2ccc(NC(=O)c3cccc(C(F)(F)F)c3)cc2O)cc1C1CCC1. The molecule has 7 nitrogen and oxygen atoms in total. The van der Waals surface area contributed by atoms with Gasteiger partial charge in [0.25, 0.3) is 5.91 Å². The molecule has 0 spiro atoms. The van der Waals surface area contributed by atoms with Crippen LogP contribution in [-0.2, 0) is 6.18 Å². The maximum absolute atomic E-state index is 13.0. The van der Waals surface area contributed by atoms with Gasteiger partial charge in [-0.2, -0.15) is 23.0 Å². The number of amides is 2. The number of nitrogens with one attached hydrogen (secondary N) is 2. The van der Waals surface area contributed by atoms with Gasteiger partial charge >= 0.3 is 12.2 Å². The van der Waals surface area contributed by atoms with Crippen molar-refractivity contribution in [3.05, 3.63) is 65.4 Å². The number of nitrogens with zero attached hydrogens (tertiary/aromatic N) is 2. The van der Waals surface area contributed by atoms with Crippen LogP contribution in [0.2, 0.25) is 0 Å². The highest BCUT2D eigenvalue weighted by Crippen LogP contribution is 2.39. The van der Waals surface area contributed by atoms with Gasteiger partial charge in [0.05, 0.1) is 17.0 Å². The Morgan fingerprint density at radius 3 is 2.53 bits per heavy atom. The molecular weight excluding hydrogens is 473 g/mol. The van der Waals surface area contributed by atoms with Crippen LogP contribution in [0.5, 0.6) is 5.75 Å². The minimum atomic E-state index is -4.57. The van der Waals surface area contributed by atoms with Crippen LogP contribution in [0.15, 0.2) is 48.5 Å². The van der Waals surface area contributed by atoms with Crippen LogP contribution in [0, 0.1) is 0 Å². The van der Waals surface area contributed by atoms with Crippen molar-refractivity contribution < 1.29 is 27.9 Å². The van der Waals surface area contributed by atoms with E-state index >= 15 is 0 Å². The fourth-order valence-electron chi connectivity index (χ4n) is 3.92. The highest BCUT2D eigenvalue weighted by atomic mass is 19.4. The van der Waals surface area contributed by atoms with Crippen molar-refractivity contribution in [3.8, 4) is 17.0 Å². The number of alkyl halides is 3. The van der Waals surface area contributed by atoms with Crippen LogP contribution in [0.3, 0.4) is 0 Å². The molecule has 190 valence electrons. The highest BCUT2D eigenvalue weighted by Gasteiger charge is 2.31. The van der Waals surface area contributed by atoms with Gasteiger partial charge in [-0.25, -0.2) is 4.79 Å². The van der Waals surface area contributed by atoms with E-state index in [2.05, 4.69) is 15.7 Å². The van der Waals surface area contributed by atoms with Crippen molar-refractivity contribution in [3.63, 3.8) is 0 Å². The maximum Gasteiger partial charge on any atom is 0.416 e. The van der Waals surface area contributed by atoms with Crippen molar-refractivity contribution in [1.82, 2.24) is 15.1 Å². The van der Waals surface area contributed by atoms with E-state index in [-0.39, 0.29) is 35.0 Å². The van der Waals surface area contributed by atoms with Gasteiger partial charge in [0, 0.05) is 34.8 Å². The molecule has 1 heterocycles. The quantitative estimate of drug-likeness (QED) is 0.378. The standard InChI is InChI=1S/C26H27F3N4O3/c1-3-15(2)30-25(36)33-22(16-6-4-7-16)14-21(32-33)20-11-10-19(13-23(20)34)31-24(35)17-8-5-9-18(12-17)26(27,28)29/h5,8-16,34H,3-4,6-7H2,1-2H3,(H,30,36)(H,31,35). The second-order valence-corrected chi connectivity index (χ2v) is 9.02. The Bertz CT molecular complexity index is 1280. The zero-order chi connectivity index (χ0) is 26.0. The number of carbonyl (C=O) groups is 2. The monoisotopic (exact) mass is 500 g/mol. The van der Waals surface area contributed by atoms with E-state index in [1.165, 1.54) is 22.9 Å². The molecule has 4 rings (SSSR count). The van der Waals surface area contributed by atoms with E-state index < -0.39 is 17.6 Å². The Morgan fingerprint density at radius 2 is 1.92 bits per heavy atom. The van der Waals surface area contributed by atoms with Crippen molar-refractivity contribution in [2.45, 2.75) is 57.7 Å². The summed E-state index contributed by atoms with van der Waals surface area (Å²) < 4.78 is 40.2. The molecule has 0 radical (unpaired) electrons. The molecule has 2 aromatic carbocycles.